The zero-order valence-corrected chi connectivity index (χ0v) is 31.1. The molecular formula is C51H29N3O2S. The van der Waals surface area contributed by atoms with E-state index in [1.165, 1.54) is 15.5 Å². The van der Waals surface area contributed by atoms with Crippen molar-refractivity contribution in [2.45, 2.75) is 0 Å². The third kappa shape index (κ3) is 4.98. The summed E-state index contributed by atoms with van der Waals surface area (Å²) in [5.74, 6) is 1.94. The van der Waals surface area contributed by atoms with Crippen LogP contribution < -0.4 is 0 Å². The van der Waals surface area contributed by atoms with Gasteiger partial charge in [0.2, 0.25) is 0 Å². The van der Waals surface area contributed by atoms with Crippen molar-refractivity contribution in [1.82, 2.24) is 15.0 Å². The van der Waals surface area contributed by atoms with Crippen LogP contribution in [0.2, 0.25) is 0 Å². The second-order valence-electron chi connectivity index (χ2n) is 14.2. The second kappa shape index (κ2) is 12.6. The summed E-state index contributed by atoms with van der Waals surface area (Å²) in [7, 11) is 0. The molecule has 0 unspecified atom stereocenters. The van der Waals surface area contributed by atoms with Gasteiger partial charge >= 0.3 is 0 Å². The largest absolute Gasteiger partial charge is 0.456 e. The summed E-state index contributed by atoms with van der Waals surface area (Å²) < 4.78 is 15.4. The second-order valence-corrected chi connectivity index (χ2v) is 15.3. The molecule has 0 saturated heterocycles. The monoisotopic (exact) mass is 747 g/mol. The van der Waals surface area contributed by atoms with Gasteiger partial charge in [-0.2, -0.15) is 0 Å². The highest BCUT2D eigenvalue weighted by Gasteiger charge is 2.22. The molecule has 4 aromatic heterocycles. The lowest BCUT2D eigenvalue weighted by atomic mass is 9.95. The van der Waals surface area contributed by atoms with E-state index in [1.54, 1.807) is 11.3 Å². The number of nitrogens with zero attached hydrogens (tertiary/aromatic N) is 3. The Hall–Kier alpha value is -7.41. The number of rotatable bonds is 5. The third-order valence-electron chi connectivity index (χ3n) is 11.0. The van der Waals surface area contributed by atoms with Crippen LogP contribution in [0.3, 0.4) is 0 Å². The molecule has 266 valence electrons. The lowest BCUT2D eigenvalue weighted by molar-refractivity contribution is 0.668. The maximum absolute atomic E-state index is 6.83. The van der Waals surface area contributed by atoms with E-state index in [-0.39, 0.29) is 0 Å². The van der Waals surface area contributed by atoms with E-state index >= 15 is 0 Å². The van der Waals surface area contributed by atoms with Crippen molar-refractivity contribution in [3.05, 3.63) is 176 Å². The van der Waals surface area contributed by atoms with Crippen molar-refractivity contribution < 1.29 is 8.83 Å². The van der Waals surface area contributed by atoms with Gasteiger partial charge in [0.1, 0.15) is 22.3 Å². The number of hydrogen-bond donors (Lipinski definition) is 0. The van der Waals surface area contributed by atoms with Crippen LogP contribution in [0.4, 0.5) is 0 Å². The van der Waals surface area contributed by atoms with E-state index in [0.717, 1.165) is 87.5 Å². The zero-order chi connectivity index (χ0) is 37.5. The normalized spacial score (nSPS) is 11.9. The van der Waals surface area contributed by atoms with Crippen LogP contribution in [-0.4, -0.2) is 15.0 Å². The first kappa shape index (κ1) is 31.9. The molecule has 0 atom stereocenters. The summed E-state index contributed by atoms with van der Waals surface area (Å²) in [5, 5.41) is 6.73. The fraction of sp³-hybridized carbons (Fsp3) is 0. The molecule has 0 aliphatic rings. The minimum absolute atomic E-state index is 0.647. The van der Waals surface area contributed by atoms with Gasteiger partial charge in [-0.15, -0.1) is 11.3 Å². The Kier molecular flexibility index (Phi) is 7.03. The number of hydrogen-bond acceptors (Lipinski definition) is 6. The van der Waals surface area contributed by atoms with E-state index in [9.17, 15) is 0 Å². The van der Waals surface area contributed by atoms with Gasteiger partial charge in [-0.25, -0.2) is 15.0 Å². The Morgan fingerprint density at radius 3 is 1.47 bits per heavy atom. The highest BCUT2D eigenvalue weighted by Crippen LogP contribution is 2.48. The first-order valence-corrected chi connectivity index (χ1v) is 19.8. The SMILES string of the molecule is c1ccc(-c2nc(-c3ccccc3)nc(-c3cccc4c3sc3c(-c5cccc6oc7c(-c8cccc9oc%10ccccc%10c89)cccc7c56)cccc34)n2)cc1. The van der Waals surface area contributed by atoms with Crippen molar-refractivity contribution in [3.63, 3.8) is 0 Å². The topological polar surface area (TPSA) is 65.0 Å². The highest BCUT2D eigenvalue weighted by molar-refractivity contribution is 7.26. The summed E-state index contributed by atoms with van der Waals surface area (Å²) in [6, 6.07) is 60.7. The number of aromatic nitrogens is 3. The standard InChI is InChI=1S/C51H29N3O2S/c1-3-14-30(15-4-1)49-52-50(31-16-5-2-6-17-31)54-51(53-49)40-26-11-24-37-36-23-10-22-35(47(36)57-48(37)40)33-20-13-29-43-45(33)39-25-9-21-34(46(39)56-43)32-19-12-28-42-44(32)38-18-7-8-27-41(38)55-42/h1-29H. The molecule has 0 bridgehead atoms. The van der Waals surface area contributed by atoms with Crippen LogP contribution in [0.5, 0.6) is 0 Å². The molecule has 57 heavy (non-hydrogen) atoms. The number of para-hydroxylation sites is 2. The molecular weight excluding hydrogens is 719 g/mol. The van der Waals surface area contributed by atoms with Gasteiger partial charge in [-0.05, 0) is 35.4 Å². The van der Waals surface area contributed by atoms with Crippen LogP contribution in [0.1, 0.15) is 0 Å². The molecule has 6 heteroatoms. The van der Waals surface area contributed by atoms with Gasteiger partial charge in [-0.3, -0.25) is 0 Å². The van der Waals surface area contributed by atoms with Gasteiger partial charge in [0.05, 0.1) is 0 Å². The molecule has 0 radical (unpaired) electrons. The smallest absolute Gasteiger partial charge is 0.165 e. The lowest BCUT2D eigenvalue weighted by Crippen LogP contribution is -2.00. The average Bonchev–Trinajstić information content (AvgIpc) is 3.98. The van der Waals surface area contributed by atoms with E-state index < -0.39 is 0 Å². The van der Waals surface area contributed by atoms with Crippen LogP contribution in [0, 0.1) is 0 Å². The molecule has 0 spiro atoms. The molecule has 8 aromatic carbocycles. The Bertz CT molecular complexity index is 3470. The predicted molar refractivity (Wildman–Crippen MR) is 234 cm³/mol. The van der Waals surface area contributed by atoms with Crippen molar-refractivity contribution in [2.75, 3.05) is 0 Å². The minimum Gasteiger partial charge on any atom is -0.456 e. The highest BCUT2D eigenvalue weighted by atomic mass is 32.1. The average molecular weight is 748 g/mol. The molecule has 0 aliphatic carbocycles. The summed E-state index contributed by atoms with van der Waals surface area (Å²) in [6.45, 7) is 0. The van der Waals surface area contributed by atoms with E-state index in [4.69, 9.17) is 23.8 Å². The Labute approximate surface area is 330 Å². The van der Waals surface area contributed by atoms with Gasteiger partial charge in [0, 0.05) is 69.5 Å². The predicted octanol–water partition coefficient (Wildman–Crippen LogP) is 14.4. The Balaban J connectivity index is 1.06. The van der Waals surface area contributed by atoms with Gasteiger partial charge < -0.3 is 8.83 Å². The van der Waals surface area contributed by atoms with Crippen molar-refractivity contribution >= 4 is 75.4 Å². The maximum atomic E-state index is 6.83. The molecule has 0 saturated carbocycles. The van der Waals surface area contributed by atoms with E-state index in [1.807, 2.05) is 78.9 Å². The molecule has 4 heterocycles. The Morgan fingerprint density at radius 2 is 0.772 bits per heavy atom. The summed E-state index contributed by atoms with van der Waals surface area (Å²) >= 11 is 1.79. The van der Waals surface area contributed by atoms with E-state index in [0.29, 0.717) is 17.5 Å². The minimum atomic E-state index is 0.647. The Morgan fingerprint density at radius 1 is 0.316 bits per heavy atom. The van der Waals surface area contributed by atoms with Gasteiger partial charge in [-0.1, -0.05) is 152 Å². The van der Waals surface area contributed by atoms with Crippen LogP contribution in [-0.2, 0) is 0 Å². The van der Waals surface area contributed by atoms with Gasteiger partial charge in [0.15, 0.2) is 17.5 Å². The first-order valence-electron chi connectivity index (χ1n) is 18.9. The quantitative estimate of drug-likeness (QED) is 0.175. The lowest BCUT2D eigenvalue weighted by Gasteiger charge is -2.09. The maximum Gasteiger partial charge on any atom is 0.165 e. The van der Waals surface area contributed by atoms with Crippen molar-refractivity contribution in [3.8, 4) is 56.4 Å². The van der Waals surface area contributed by atoms with Crippen molar-refractivity contribution in [1.29, 1.82) is 0 Å². The van der Waals surface area contributed by atoms with Crippen LogP contribution in [0.15, 0.2) is 185 Å². The molecule has 12 aromatic rings. The molecule has 12 rings (SSSR count). The summed E-state index contributed by atoms with van der Waals surface area (Å²) in [4.78, 5) is 15.1. The summed E-state index contributed by atoms with van der Waals surface area (Å²) in [5.41, 5.74) is 10.8. The fourth-order valence-electron chi connectivity index (χ4n) is 8.42. The van der Waals surface area contributed by atoms with Crippen LogP contribution >= 0.6 is 11.3 Å². The molecule has 0 amide bonds. The van der Waals surface area contributed by atoms with E-state index in [2.05, 4.69) is 97.1 Å². The first-order chi connectivity index (χ1) is 28.3. The molecule has 5 nitrogen and oxygen atoms in total. The zero-order valence-electron chi connectivity index (χ0n) is 30.3. The molecule has 0 fully saturated rings. The van der Waals surface area contributed by atoms with Crippen LogP contribution in [0.25, 0.3) is 120 Å². The number of benzene rings is 8. The number of fused-ring (bicyclic) bond motifs is 9. The fourth-order valence-corrected chi connectivity index (χ4v) is 9.76. The third-order valence-corrected chi connectivity index (χ3v) is 12.3. The number of furan rings is 2. The van der Waals surface area contributed by atoms with Crippen molar-refractivity contribution in [2.24, 2.45) is 0 Å². The van der Waals surface area contributed by atoms with Gasteiger partial charge in [0.25, 0.3) is 0 Å². The number of thiophene rings is 1. The molecule has 0 aliphatic heterocycles. The summed E-state index contributed by atoms with van der Waals surface area (Å²) in [6.07, 6.45) is 0. The molecule has 0 N–H and O–H groups in total.